The number of ether oxygens (including phenoxy) is 1. The summed E-state index contributed by atoms with van der Waals surface area (Å²) in [7, 11) is 0. The lowest BCUT2D eigenvalue weighted by Crippen LogP contribution is -2.16. The van der Waals surface area contributed by atoms with E-state index in [0.29, 0.717) is 0 Å². The van der Waals surface area contributed by atoms with Crippen molar-refractivity contribution < 1.29 is 4.74 Å². The lowest BCUT2D eigenvalue weighted by Gasteiger charge is -2.25. The molecule has 5 heteroatoms. The molecule has 0 spiro atoms. The van der Waals surface area contributed by atoms with Crippen LogP contribution >= 0.6 is 0 Å². The number of aromatic nitrogens is 4. The maximum absolute atomic E-state index is 7.35. The van der Waals surface area contributed by atoms with E-state index in [4.69, 9.17) is 24.7 Å². The predicted octanol–water partition coefficient (Wildman–Crippen LogP) is 16.8. The molecule has 2 heterocycles. The van der Waals surface area contributed by atoms with Gasteiger partial charge in [0.05, 0.1) is 47.6 Å². The second-order valence-corrected chi connectivity index (χ2v) is 18.4. The molecule has 0 fully saturated rings. The first-order valence-corrected chi connectivity index (χ1v) is 25.7. The third-order valence-corrected chi connectivity index (χ3v) is 13.0. The van der Waals surface area contributed by atoms with Gasteiger partial charge < -0.3 is 4.74 Å². The summed E-state index contributed by atoms with van der Waals surface area (Å²) in [5.41, 5.74) is 12.9. The maximum atomic E-state index is 7.35. The van der Waals surface area contributed by atoms with E-state index < -0.39 is 12.2 Å². The van der Waals surface area contributed by atoms with Crippen LogP contribution in [0.1, 0.15) is 200 Å². The SMILES string of the molecule is CCCCCCCc1ccc(C(OC(c2ccc(CCCCCCC)cc2)c2cnc(-c3ccc(CCCCCC)cc3)cn2)c2cnc(-c3ccc(CCCCCC)cc3)cn2)cc1. The van der Waals surface area contributed by atoms with Gasteiger partial charge in [-0.1, -0.05) is 215 Å². The Kier molecular flexibility index (Phi) is 21.4. The van der Waals surface area contributed by atoms with Crippen molar-refractivity contribution in [1.29, 1.82) is 0 Å². The number of hydrogen-bond acceptors (Lipinski definition) is 5. The molecule has 6 aromatic rings. The van der Waals surface area contributed by atoms with Gasteiger partial charge in [-0.05, 0) is 84.7 Å². The molecule has 2 aromatic heterocycles. The van der Waals surface area contributed by atoms with Gasteiger partial charge in [-0.25, -0.2) is 0 Å². The molecule has 4 aromatic carbocycles. The fourth-order valence-corrected chi connectivity index (χ4v) is 8.80. The summed E-state index contributed by atoms with van der Waals surface area (Å²) in [6.45, 7) is 9.07. The van der Waals surface area contributed by atoms with E-state index in [9.17, 15) is 0 Å². The molecule has 0 bridgehead atoms. The second-order valence-electron chi connectivity index (χ2n) is 18.4. The molecule has 2 unspecified atom stereocenters. The Balaban J connectivity index is 1.29. The minimum atomic E-state index is -0.491. The van der Waals surface area contributed by atoms with Gasteiger partial charge in [-0.15, -0.1) is 0 Å². The molecule has 0 aliphatic rings. The van der Waals surface area contributed by atoms with E-state index in [1.807, 2.05) is 24.8 Å². The topological polar surface area (TPSA) is 60.8 Å². The zero-order chi connectivity index (χ0) is 45.3. The van der Waals surface area contributed by atoms with Crippen LogP contribution in [0.3, 0.4) is 0 Å². The molecular weight excluding hydrogens is 793 g/mol. The van der Waals surface area contributed by atoms with Crippen molar-refractivity contribution in [3.63, 3.8) is 0 Å². The largest absolute Gasteiger partial charge is 0.353 e. The summed E-state index contributed by atoms with van der Waals surface area (Å²) >= 11 is 0. The third kappa shape index (κ3) is 16.1. The molecule has 344 valence electrons. The van der Waals surface area contributed by atoms with E-state index in [1.54, 1.807) is 0 Å². The highest BCUT2D eigenvalue weighted by Crippen LogP contribution is 2.36. The minimum absolute atomic E-state index is 0.491. The van der Waals surface area contributed by atoms with E-state index in [2.05, 4.69) is 125 Å². The first-order chi connectivity index (χ1) is 32.1. The first-order valence-electron chi connectivity index (χ1n) is 25.7. The highest BCUT2D eigenvalue weighted by Gasteiger charge is 2.26. The van der Waals surface area contributed by atoms with Gasteiger partial charge in [0.2, 0.25) is 0 Å². The van der Waals surface area contributed by atoms with Crippen LogP contribution in [-0.4, -0.2) is 19.9 Å². The molecule has 5 nitrogen and oxygen atoms in total. The summed E-state index contributed by atoms with van der Waals surface area (Å²) < 4.78 is 7.35. The standard InChI is InChI=1S/C60H78N4O/c1-5-9-13-17-21-25-49-31-39-53(40-32-49)59(57-45-61-55(43-63-57)51-35-27-47(28-36-51)23-19-15-11-7-3)65-60(54-41-33-50(34-42-54)26-22-18-14-10-6-2)58-46-62-56(44-64-58)52-37-29-48(30-38-52)24-20-16-12-8-4/h27-46,59-60H,5-26H2,1-4H3. The molecule has 0 saturated heterocycles. The summed E-state index contributed by atoms with van der Waals surface area (Å²) in [6.07, 6.45) is 33.9. The van der Waals surface area contributed by atoms with Crippen LogP contribution in [0.5, 0.6) is 0 Å². The number of benzene rings is 4. The molecular formula is C60H78N4O. The van der Waals surface area contributed by atoms with Crippen molar-refractivity contribution in [2.24, 2.45) is 0 Å². The average Bonchev–Trinajstić information content (AvgIpc) is 3.36. The van der Waals surface area contributed by atoms with Crippen LogP contribution in [0.2, 0.25) is 0 Å². The Labute approximate surface area is 393 Å². The molecule has 0 aliphatic heterocycles. The molecule has 0 N–H and O–H groups in total. The fourth-order valence-electron chi connectivity index (χ4n) is 8.80. The molecule has 65 heavy (non-hydrogen) atoms. The van der Waals surface area contributed by atoms with E-state index in [0.717, 1.165) is 70.7 Å². The van der Waals surface area contributed by atoms with E-state index in [1.165, 1.54) is 138 Å². The lowest BCUT2D eigenvalue weighted by molar-refractivity contribution is 0.0258. The van der Waals surface area contributed by atoms with Crippen molar-refractivity contribution >= 4 is 0 Å². The zero-order valence-electron chi connectivity index (χ0n) is 40.5. The maximum Gasteiger partial charge on any atom is 0.127 e. The Morgan fingerprint density at radius 1 is 0.323 bits per heavy atom. The summed E-state index contributed by atoms with van der Waals surface area (Å²) in [4.78, 5) is 20.2. The number of hydrogen-bond donors (Lipinski definition) is 0. The monoisotopic (exact) mass is 871 g/mol. The molecule has 0 aliphatic carbocycles. The predicted molar refractivity (Wildman–Crippen MR) is 273 cm³/mol. The van der Waals surface area contributed by atoms with Crippen LogP contribution in [0.15, 0.2) is 122 Å². The van der Waals surface area contributed by atoms with Crippen molar-refractivity contribution in [3.8, 4) is 22.5 Å². The molecule has 0 saturated carbocycles. The molecule has 2 atom stereocenters. The van der Waals surface area contributed by atoms with Gasteiger partial charge in [0.25, 0.3) is 0 Å². The van der Waals surface area contributed by atoms with E-state index in [-0.39, 0.29) is 0 Å². The van der Waals surface area contributed by atoms with Gasteiger partial charge in [-0.3, -0.25) is 19.9 Å². The molecule has 0 amide bonds. The Hall–Kier alpha value is -5.00. The number of rotatable bonds is 30. The number of nitrogens with zero attached hydrogens (tertiary/aromatic N) is 4. The van der Waals surface area contributed by atoms with Crippen LogP contribution in [0.4, 0.5) is 0 Å². The van der Waals surface area contributed by atoms with E-state index >= 15 is 0 Å². The highest BCUT2D eigenvalue weighted by atomic mass is 16.5. The van der Waals surface area contributed by atoms with Gasteiger partial charge in [0.1, 0.15) is 12.2 Å². The van der Waals surface area contributed by atoms with Gasteiger partial charge in [0, 0.05) is 11.1 Å². The van der Waals surface area contributed by atoms with Crippen molar-refractivity contribution in [3.05, 3.63) is 167 Å². The Bertz CT molecular complexity index is 2000. The smallest absolute Gasteiger partial charge is 0.127 e. The molecule has 6 rings (SSSR count). The Morgan fingerprint density at radius 3 is 0.908 bits per heavy atom. The van der Waals surface area contributed by atoms with Gasteiger partial charge >= 0.3 is 0 Å². The fraction of sp³-hybridized carbons (Fsp3) is 0.467. The highest BCUT2D eigenvalue weighted by molar-refractivity contribution is 5.59. The first kappa shape index (κ1) is 49.4. The summed E-state index contributed by atoms with van der Waals surface area (Å²) in [6, 6.07) is 35.7. The van der Waals surface area contributed by atoms with Crippen LogP contribution in [0.25, 0.3) is 22.5 Å². The second kappa shape index (κ2) is 28.1. The quantitative estimate of drug-likeness (QED) is 0.0422. The van der Waals surface area contributed by atoms with Gasteiger partial charge in [-0.2, -0.15) is 0 Å². The van der Waals surface area contributed by atoms with Crippen molar-refractivity contribution in [2.45, 2.75) is 181 Å². The summed E-state index contributed by atoms with van der Waals surface area (Å²) in [5.74, 6) is 0. The normalized spacial score (nSPS) is 12.4. The third-order valence-electron chi connectivity index (χ3n) is 13.0. The Morgan fingerprint density at radius 2 is 0.615 bits per heavy atom. The number of aryl methyl sites for hydroxylation is 4. The average molecular weight is 871 g/mol. The number of unbranched alkanes of at least 4 members (excludes halogenated alkanes) is 14. The van der Waals surface area contributed by atoms with Crippen molar-refractivity contribution in [1.82, 2.24) is 19.9 Å². The van der Waals surface area contributed by atoms with Crippen molar-refractivity contribution in [2.75, 3.05) is 0 Å². The molecule has 0 radical (unpaired) electrons. The van der Waals surface area contributed by atoms with Crippen LogP contribution < -0.4 is 0 Å². The minimum Gasteiger partial charge on any atom is -0.353 e. The van der Waals surface area contributed by atoms with Gasteiger partial charge in [0.15, 0.2) is 0 Å². The van der Waals surface area contributed by atoms with Crippen LogP contribution in [-0.2, 0) is 30.4 Å². The summed E-state index contributed by atoms with van der Waals surface area (Å²) in [5, 5.41) is 0. The lowest BCUT2D eigenvalue weighted by atomic mass is 9.99. The van der Waals surface area contributed by atoms with Crippen LogP contribution in [0, 0.1) is 0 Å². The zero-order valence-corrected chi connectivity index (χ0v) is 40.5.